The third kappa shape index (κ3) is 3.06. The van der Waals surface area contributed by atoms with Gasteiger partial charge in [0, 0.05) is 8.99 Å². The molecule has 0 N–H and O–H groups in total. The van der Waals surface area contributed by atoms with Crippen LogP contribution in [0.3, 0.4) is 0 Å². The van der Waals surface area contributed by atoms with Crippen molar-refractivity contribution in [2.45, 2.75) is 33.1 Å². The van der Waals surface area contributed by atoms with E-state index in [0.29, 0.717) is 5.92 Å². The van der Waals surface area contributed by atoms with E-state index in [2.05, 4.69) is 123 Å². The molecule has 0 aliphatic heterocycles. The zero-order valence-corrected chi connectivity index (χ0v) is 18.5. The van der Waals surface area contributed by atoms with E-state index in [1.165, 1.54) is 42.5 Å². The fourth-order valence-electron chi connectivity index (χ4n) is 4.38. The first-order valence-corrected chi connectivity index (χ1v) is 10.7. The maximum absolute atomic E-state index is 2.42. The first kappa shape index (κ1) is 18.5. The Morgan fingerprint density at radius 3 is 2.41 bits per heavy atom. The second kappa shape index (κ2) is 6.94. The SMILES string of the molecule is C/C=C\C(=C1\C=CC=CC1C)c1ccc2c(c1)C(C)(C)c1cc(I)ccc1-2. The minimum absolute atomic E-state index is 0.0293. The molecule has 0 saturated carbocycles. The molecular formula is C26H25I. The molecule has 0 heterocycles. The lowest BCUT2D eigenvalue weighted by Crippen LogP contribution is -2.15. The summed E-state index contributed by atoms with van der Waals surface area (Å²) in [4.78, 5) is 0. The number of benzene rings is 2. The molecule has 1 atom stereocenters. The Kier molecular flexibility index (Phi) is 4.75. The van der Waals surface area contributed by atoms with Crippen LogP contribution >= 0.6 is 22.6 Å². The summed E-state index contributed by atoms with van der Waals surface area (Å²) in [7, 11) is 0. The summed E-state index contributed by atoms with van der Waals surface area (Å²) < 4.78 is 1.30. The fourth-order valence-corrected chi connectivity index (χ4v) is 4.87. The molecule has 0 amide bonds. The van der Waals surface area contributed by atoms with Crippen LogP contribution in [0.4, 0.5) is 0 Å². The highest BCUT2D eigenvalue weighted by molar-refractivity contribution is 14.1. The van der Waals surface area contributed by atoms with Gasteiger partial charge in [0.15, 0.2) is 0 Å². The van der Waals surface area contributed by atoms with Gasteiger partial charge in [0.25, 0.3) is 0 Å². The van der Waals surface area contributed by atoms with Crippen LogP contribution in [-0.2, 0) is 5.41 Å². The van der Waals surface area contributed by atoms with Crippen molar-refractivity contribution in [1.29, 1.82) is 0 Å². The van der Waals surface area contributed by atoms with Gasteiger partial charge in [-0.25, -0.2) is 0 Å². The summed E-state index contributed by atoms with van der Waals surface area (Å²) in [5, 5.41) is 0. The molecule has 2 aliphatic rings. The van der Waals surface area contributed by atoms with Crippen molar-refractivity contribution < 1.29 is 0 Å². The molecule has 2 aromatic carbocycles. The molecule has 0 fully saturated rings. The molecule has 0 aromatic heterocycles. The van der Waals surface area contributed by atoms with Gasteiger partial charge < -0.3 is 0 Å². The summed E-state index contributed by atoms with van der Waals surface area (Å²) in [5.41, 5.74) is 9.69. The molecule has 2 aromatic rings. The van der Waals surface area contributed by atoms with Crippen LogP contribution in [0.5, 0.6) is 0 Å². The highest BCUT2D eigenvalue weighted by atomic mass is 127. The first-order chi connectivity index (χ1) is 12.9. The summed E-state index contributed by atoms with van der Waals surface area (Å²) >= 11 is 2.42. The minimum atomic E-state index is 0.0293. The molecule has 2 aliphatic carbocycles. The van der Waals surface area contributed by atoms with Crippen molar-refractivity contribution in [1.82, 2.24) is 0 Å². The Morgan fingerprint density at radius 2 is 1.70 bits per heavy atom. The molecular weight excluding hydrogens is 439 g/mol. The van der Waals surface area contributed by atoms with E-state index in [-0.39, 0.29) is 5.41 Å². The van der Waals surface area contributed by atoms with Crippen LogP contribution in [0.2, 0.25) is 0 Å². The normalized spacial score (nSPS) is 21.4. The summed E-state index contributed by atoms with van der Waals surface area (Å²) in [5.74, 6) is 0.432. The topological polar surface area (TPSA) is 0 Å². The van der Waals surface area contributed by atoms with Crippen LogP contribution in [0.25, 0.3) is 16.7 Å². The summed E-state index contributed by atoms with van der Waals surface area (Å²) in [6.45, 7) is 9.08. The molecule has 0 saturated heterocycles. The van der Waals surface area contributed by atoms with Gasteiger partial charge in [-0.15, -0.1) is 0 Å². The minimum Gasteiger partial charge on any atom is -0.0870 e. The van der Waals surface area contributed by atoms with E-state index in [4.69, 9.17) is 0 Å². The lowest BCUT2D eigenvalue weighted by Gasteiger charge is -2.23. The van der Waals surface area contributed by atoms with Crippen molar-refractivity contribution >= 4 is 28.2 Å². The molecule has 4 rings (SSSR count). The molecule has 1 heteroatoms. The van der Waals surface area contributed by atoms with Gasteiger partial charge in [-0.1, -0.05) is 75.4 Å². The van der Waals surface area contributed by atoms with E-state index in [9.17, 15) is 0 Å². The van der Waals surface area contributed by atoms with Gasteiger partial charge in [-0.2, -0.15) is 0 Å². The smallest absolute Gasteiger partial charge is 0.0159 e. The lowest BCUT2D eigenvalue weighted by molar-refractivity contribution is 0.659. The van der Waals surface area contributed by atoms with Crippen LogP contribution in [0.15, 0.2) is 78.4 Å². The zero-order chi connectivity index (χ0) is 19.2. The lowest BCUT2D eigenvalue weighted by atomic mass is 9.80. The quantitative estimate of drug-likeness (QED) is 0.400. The van der Waals surface area contributed by atoms with Gasteiger partial charge >= 0.3 is 0 Å². The number of hydrogen-bond donors (Lipinski definition) is 0. The van der Waals surface area contributed by atoms with Crippen LogP contribution in [0.1, 0.15) is 44.4 Å². The molecule has 0 bridgehead atoms. The standard InChI is InChI=1S/C26H25I/c1-5-8-21(20-10-7-6-9-17(20)2)18-11-13-22-23-14-12-19(27)16-25(23)26(3,4)24(22)15-18/h5-17H,1-4H3/b8-5-,21-20+. The molecule has 0 nitrogen and oxygen atoms in total. The number of rotatable bonds is 2. The predicted molar refractivity (Wildman–Crippen MR) is 126 cm³/mol. The highest BCUT2D eigenvalue weighted by Gasteiger charge is 2.35. The molecule has 27 heavy (non-hydrogen) atoms. The van der Waals surface area contributed by atoms with Crippen LogP contribution < -0.4 is 0 Å². The highest BCUT2D eigenvalue weighted by Crippen LogP contribution is 2.49. The number of halogens is 1. The van der Waals surface area contributed by atoms with E-state index in [1.54, 1.807) is 0 Å². The van der Waals surface area contributed by atoms with Gasteiger partial charge in [-0.3, -0.25) is 0 Å². The van der Waals surface area contributed by atoms with Gasteiger partial charge in [-0.05, 0) is 92.6 Å². The largest absolute Gasteiger partial charge is 0.0870 e. The molecule has 0 radical (unpaired) electrons. The first-order valence-electron chi connectivity index (χ1n) is 9.60. The number of fused-ring (bicyclic) bond motifs is 3. The van der Waals surface area contributed by atoms with E-state index < -0.39 is 0 Å². The second-order valence-electron chi connectivity index (χ2n) is 7.98. The Bertz CT molecular complexity index is 1030. The van der Waals surface area contributed by atoms with Crippen molar-refractivity contribution in [2.24, 2.45) is 5.92 Å². The summed E-state index contributed by atoms with van der Waals surface area (Å²) in [6, 6.07) is 13.9. The predicted octanol–water partition coefficient (Wildman–Crippen LogP) is 7.69. The Labute approximate surface area is 176 Å². The average molecular weight is 464 g/mol. The summed E-state index contributed by atoms with van der Waals surface area (Å²) in [6.07, 6.45) is 13.2. The maximum atomic E-state index is 2.42. The zero-order valence-electron chi connectivity index (χ0n) is 16.4. The van der Waals surface area contributed by atoms with Crippen LogP contribution in [0, 0.1) is 9.49 Å². The van der Waals surface area contributed by atoms with Crippen molar-refractivity contribution in [3.8, 4) is 11.1 Å². The maximum Gasteiger partial charge on any atom is 0.0159 e. The fraction of sp³-hybridized carbons (Fsp3) is 0.231. The van der Waals surface area contributed by atoms with Crippen LogP contribution in [-0.4, -0.2) is 0 Å². The Balaban J connectivity index is 1.91. The van der Waals surface area contributed by atoms with Gasteiger partial charge in [0.1, 0.15) is 0 Å². The third-order valence-electron chi connectivity index (χ3n) is 5.87. The van der Waals surface area contributed by atoms with Gasteiger partial charge in [0.05, 0.1) is 0 Å². The van der Waals surface area contributed by atoms with E-state index in [1.807, 2.05) is 0 Å². The second-order valence-corrected chi connectivity index (χ2v) is 9.22. The molecule has 1 unspecified atom stereocenters. The van der Waals surface area contributed by atoms with E-state index >= 15 is 0 Å². The van der Waals surface area contributed by atoms with Crippen molar-refractivity contribution in [3.05, 3.63) is 98.7 Å². The molecule has 0 spiro atoms. The number of hydrogen-bond acceptors (Lipinski definition) is 0. The third-order valence-corrected chi connectivity index (χ3v) is 6.54. The van der Waals surface area contributed by atoms with Crippen molar-refractivity contribution in [3.63, 3.8) is 0 Å². The van der Waals surface area contributed by atoms with E-state index in [0.717, 1.165) is 0 Å². The Hall–Kier alpha value is -1.87. The molecule has 136 valence electrons. The number of allylic oxidation sites excluding steroid dienone is 8. The average Bonchev–Trinajstić information content (AvgIpc) is 2.87. The Morgan fingerprint density at radius 1 is 1.00 bits per heavy atom. The van der Waals surface area contributed by atoms with Crippen molar-refractivity contribution in [2.75, 3.05) is 0 Å². The van der Waals surface area contributed by atoms with Gasteiger partial charge in [0.2, 0.25) is 0 Å². The monoisotopic (exact) mass is 464 g/mol.